The fraction of sp³-hybridized carbons (Fsp3) is 0.222. The number of alkyl halides is 3. The van der Waals surface area contributed by atoms with Gasteiger partial charge < -0.3 is 15.5 Å². The minimum absolute atomic E-state index is 0.0198. The van der Waals surface area contributed by atoms with E-state index >= 15 is 0 Å². The normalized spacial score (nSPS) is 13.7. The summed E-state index contributed by atoms with van der Waals surface area (Å²) >= 11 is 3.25. The highest BCUT2D eigenvalue weighted by Gasteiger charge is 2.31. The van der Waals surface area contributed by atoms with Crippen LogP contribution < -0.4 is 5.32 Å². The number of rotatable bonds is 6. The van der Waals surface area contributed by atoms with Crippen molar-refractivity contribution < 1.29 is 33.0 Å². The Hall–Kier alpha value is -2.39. The Balaban J connectivity index is 2.07. The third-order valence-corrected chi connectivity index (χ3v) is 4.30. The number of halogens is 4. The number of benzene rings is 2. The van der Waals surface area contributed by atoms with Crippen LogP contribution in [0, 0.1) is 0 Å². The number of amides is 1. The Morgan fingerprint density at radius 3 is 2.07 bits per heavy atom. The lowest BCUT2D eigenvalue weighted by atomic mass is 10.0. The molecule has 9 heteroatoms. The van der Waals surface area contributed by atoms with Crippen LogP contribution in [0.15, 0.2) is 53.0 Å². The van der Waals surface area contributed by atoms with Gasteiger partial charge in [-0.3, -0.25) is 4.79 Å². The van der Waals surface area contributed by atoms with Crippen LogP contribution in [0.3, 0.4) is 0 Å². The molecular weight excluding hydrogens is 431 g/mol. The second kappa shape index (κ2) is 8.53. The van der Waals surface area contributed by atoms with Gasteiger partial charge in [-0.15, -0.1) is 0 Å². The van der Waals surface area contributed by atoms with Gasteiger partial charge in [0.2, 0.25) is 0 Å². The van der Waals surface area contributed by atoms with Gasteiger partial charge in [-0.2, -0.15) is 13.2 Å². The van der Waals surface area contributed by atoms with E-state index in [-0.39, 0.29) is 12.0 Å². The summed E-state index contributed by atoms with van der Waals surface area (Å²) in [6.45, 7) is 0. The fourth-order valence-corrected chi connectivity index (χ4v) is 2.58. The lowest BCUT2D eigenvalue weighted by Crippen LogP contribution is -2.44. The van der Waals surface area contributed by atoms with E-state index in [4.69, 9.17) is 0 Å². The zero-order valence-corrected chi connectivity index (χ0v) is 15.3. The first kappa shape index (κ1) is 20.9. The summed E-state index contributed by atoms with van der Waals surface area (Å²) in [6, 6.07) is 8.90. The minimum Gasteiger partial charge on any atom is -0.480 e. The third-order valence-electron chi connectivity index (χ3n) is 3.77. The van der Waals surface area contributed by atoms with Crippen molar-refractivity contribution in [2.75, 3.05) is 0 Å². The van der Waals surface area contributed by atoms with Crippen molar-refractivity contribution in [3.8, 4) is 0 Å². The maximum Gasteiger partial charge on any atom is 0.416 e. The molecule has 0 fully saturated rings. The van der Waals surface area contributed by atoms with Crippen LogP contribution in [0.25, 0.3) is 0 Å². The van der Waals surface area contributed by atoms with Crippen molar-refractivity contribution >= 4 is 27.8 Å². The van der Waals surface area contributed by atoms with E-state index in [9.17, 15) is 33.0 Å². The molecule has 0 heterocycles. The zero-order valence-electron chi connectivity index (χ0n) is 13.7. The smallest absolute Gasteiger partial charge is 0.416 e. The first-order valence-electron chi connectivity index (χ1n) is 7.71. The molecule has 0 spiro atoms. The van der Waals surface area contributed by atoms with E-state index in [0.717, 1.165) is 28.7 Å². The Morgan fingerprint density at radius 2 is 1.59 bits per heavy atom. The van der Waals surface area contributed by atoms with E-state index < -0.39 is 35.8 Å². The predicted octanol–water partition coefficient (Wildman–Crippen LogP) is 3.31. The van der Waals surface area contributed by atoms with Crippen LogP contribution >= 0.6 is 15.9 Å². The standard InChI is InChI=1S/C18H15BrF3NO4/c19-13-7-1-10(2-8-13)9-14(17(26)27)23-16(25)15(24)11-3-5-12(6-4-11)18(20,21)22/h1-8,14-15,24H,9H2,(H,23,25)(H,26,27)/t14-,15+/m0/s1. The van der Waals surface area contributed by atoms with Gasteiger partial charge in [0.15, 0.2) is 6.10 Å². The highest BCUT2D eigenvalue weighted by molar-refractivity contribution is 9.10. The molecule has 2 aromatic carbocycles. The Bertz CT molecular complexity index is 807. The summed E-state index contributed by atoms with van der Waals surface area (Å²) in [5.74, 6) is -2.31. The Kier molecular flexibility index (Phi) is 6.61. The maximum atomic E-state index is 12.6. The van der Waals surface area contributed by atoms with E-state index in [1.54, 1.807) is 24.3 Å². The van der Waals surface area contributed by atoms with Crippen LogP contribution in [0.4, 0.5) is 13.2 Å². The summed E-state index contributed by atoms with van der Waals surface area (Å²) in [4.78, 5) is 23.5. The molecule has 0 saturated carbocycles. The Morgan fingerprint density at radius 1 is 1.04 bits per heavy atom. The number of aliphatic carboxylic acids is 1. The first-order chi connectivity index (χ1) is 12.6. The van der Waals surface area contributed by atoms with Crippen LogP contribution in [-0.2, 0) is 22.2 Å². The minimum atomic E-state index is -4.54. The molecule has 0 bridgehead atoms. The predicted molar refractivity (Wildman–Crippen MR) is 93.8 cm³/mol. The maximum absolute atomic E-state index is 12.6. The third kappa shape index (κ3) is 5.80. The molecule has 0 aromatic heterocycles. The van der Waals surface area contributed by atoms with Gasteiger partial charge in [-0.05, 0) is 35.4 Å². The van der Waals surface area contributed by atoms with E-state index in [1.807, 2.05) is 0 Å². The van der Waals surface area contributed by atoms with Crippen molar-refractivity contribution in [2.24, 2.45) is 0 Å². The molecule has 0 aliphatic rings. The molecule has 0 aliphatic carbocycles. The van der Waals surface area contributed by atoms with E-state index in [2.05, 4.69) is 21.2 Å². The molecule has 1 amide bonds. The van der Waals surface area contributed by atoms with Gasteiger partial charge in [0.1, 0.15) is 6.04 Å². The van der Waals surface area contributed by atoms with E-state index in [0.29, 0.717) is 5.56 Å². The molecular formula is C18H15BrF3NO4. The number of aliphatic hydroxyl groups is 1. The lowest BCUT2D eigenvalue weighted by molar-refractivity contribution is -0.143. The average Bonchev–Trinajstić information content (AvgIpc) is 2.61. The summed E-state index contributed by atoms with van der Waals surface area (Å²) in [5, 5.41) is 21.5. The highest BCUT2D eigenvalue weighted by atomic mass is 79.9. The number of hydrogen-bond donors (Lipinski definition) is 3. The van der Waals surface area contributed by atoms with Gasteiger partial charge in [0, 0.05) is 10.9 Å². The Labute approximate surface area is 161 Å². The van der Waals surface area contributed by atoms with Crippen molar-refractivity contribution in [3.63, 3.8) is 0 Å². The molecule has 27 heavy (non-hydrogen) atoms. The molecule has 2 atom stereocenters. The SMILES string of the molecule is O=C(O)[C@H](Cc1ccc(Br)cc1)NC(=O)[C@H](O)c1ccc(C(F)(F)F)cc1. The lowest BCUT2D eigenvalue weighted by Gasteiger charge is -2.18. The molecule has 2 aromatic rings. The molecule has 0 aliphatic heterocycles. The molecule has 2 rings (SSSR count). The largest absolute Gasteiger partial charge is 0.480 e. The van der Waals surface area contributed by atoms with Crippen molar-refractivity contribution in [3.05, 3.63) is 69.7 Å². The topological polar surface area (TPSA) is 86.6 Å². The quantitative estimate of drug-likeness (QED) is 0.636. The summed E-state index contributed by atoms with van der Waals surface area (Å²) < 4.78 is 38.5. The van der Waals surface area contributed by atoms with Crippen molar-refractivity contribution in [2.45, 2.75) is 24.7 Å². The van der Waals surface area contributed by atoms with Gasteiger partial charge in [-0.25, -0.2) is 4.79 Å². The molecule has 3 N–H and O–H groups in total. The number of aliphatic hydroxyl groups excluding tert-OH is 1. The van der Waals surface area contributed by atoms with Crippen LogP contribution in [0.1, 0.15) is 22.8 Å². The van der Waals surface area contributed by atoms with Crippen LogP contribution in [0.5, 0.6) is 0 Å². The molecule has 0 unspecified atom stereocenters. The summed E-state index contributed by atoms with van der Waals surface area (Å²) in [7, 11) is 0. The van der Waals surface area contributed by atoms with Gasteiger partial charge >= 0.3 is 12.1 Å². The number of nitrogens with one attached hydrogen (secondary N) is 1. The zero-order chi connectivity index (χ0) is 20.2. The summed E-state index contributed by atoms with van der Waals surface area (Å²) in [6.07, 6.45) is -6.35. The average molecular weight is 446 g/mol. The molecule has 0 saturated heterocycles. The molecule has 0 radical (unpaired) electrons. The number of carboxylic acid groups (broad SMARTS) is 1. The van der Waals surface area contributed by atoms with Gasteiger partial charge in [-0.1, -0.05) is 40.2 Å². The van der Waals surface area contributed by atoms with Crippen molar-refractivity contribution in [1.29, 1.82) is 0 Å². The van der Waals surface area contributed by atoms with Gasteiger partial charge in [0.05, 0.1) is 5.56 Å². The highest BCUT2D eigenvalue weighted by Crippen LogP contribution is 2.30. The second-order valence-electron chi connectivity index (χ2n) is 5.75. The molecule has 5 nitrogen and oxygen atoms in total. The number of carbonyl (C=O) groups excluding carboxylic acids is 1. The number of hydrogen-bond acceptors (Lipinski definition) is 3. The first-order valence-corrected chi connectivity index (χ1v) is 8.50. The second-order valence-corrected chi connectivity index (χ2v) is 6.67. The summed E-state index contributed by atoms with van der Waals surface area (Å²) in [5.41, 5.74) is -0.347. The van der Waals surface area contributed by atoms with Crippen LogP contribution in [-0.4, -0.2) is 28.1 Å². The van der Waals surface area contributed by atoms with Gasteiger partial charge in [0.25, 0.3) is 5.91 Å². The molecule has 144 valence electrons. The van der Waals surface area contributed by atoms with Crippen molar-refractivity contribution in [1.82, 2.24) is 5.32 Å². The fourth-order valence-electron chi connectivity index (χ4n) is 2.31. The number of carboxylic acids is 1. The number of carbonyl (C=O) groups is 2. The van der Waals surface area contributed by atoms with E-state index in [1.165, 1.54) is 0 Å². The van der Waals surface area contributed by atoms with Crippen LogP contribution in [0.2, 0.25) is 0 Å². The monoisotopic (exact) mass is 445 g/mol.